The van der Waals surface area contributed by atoms with Crippen LogP contribution in [0, 0.1) is 0 Å². The number of carbonyl (C=O) groups excluding carboxylic acids is 1. The first kappa shape index (κ1) is 11.4. The summed E-state index contributed by atoms with van der Waals surface area (Å²) >= 11 is 0. The number of rotatable bonds is 5. The van der Waals surface area contributed by atoms with Crippen molar-refractivity contribution < 1.29 is 14.3 Å². The third-order valence-corrected chi connectivity index (χ3v) is 3.35. The van der Waals surface area contributed by atoms with E-state index in [-0.39, 0.29) is 18.1 Å². The molecule has 3 heteroatoms. The van der Waals surface area contributed by atoms with Gasteiger partial charge in [-0.3, -0.25) is 0 Å². The van der Waals surface area contributed by atoms with E-state index >= 15 is 0 Å². The first-order valence-electron chi connectivity index (χ1n) is 6.04. The largest absolute Gasteiger partial charge is 0.371 e. The van der Waals surface area contributed by atoms with Crippen LogP contribution in [0.4, 0.5) is 0 Å². The van der Waals surface area contributed by atoms with E-state index in [0.29, 0.717) is 12.2 Å². The minimum absolute atomic E-state index is 0.0696. The van der Waals surface area contributed by atoms with Gasteiger partial charge < -0.3 is 9.47 Å². The molecular formula is C15H14O3. The highest BCUT2D eigenvalue weighted by Gasteiger charge is 2.48. The zero-order valence-corrected chi connectivity index (χ0v) is 9.96. The molecule has 1 saturated heterocycles. The Bertz CT molecular complexity index is 507. The molecule has 0 spiro atoms. The maximum Gasteiger partial charge on any atom is 0.127 e. The Kier molecular flexibility index (Phi) is 2.88. The van der Waals surface area contributed by atoms with Crippen LogP contribution in [0.2, 0.25) is 0 Å². The molecule has 1 saturated carbocycles. The van der Waals surface area contributed by atoms with Crippen LogP contribution in [-0.4, -0.2) is 31.4 Å². The molecule has 1 aromatic carbocycles. The Hall–Kier alpha value is -1.67. The summed E-state index contributed by atoms with van der Waals surface area (Å²) in [5.74, 6) is 2.06. The highest BCUT2D eigenvalue weighted by atomic mass is 16.6. The minimum atomic E-state index is -0.110. The molecule has 1 heterocycles. The number of ether oxygens (including phenoxy) is 2. The van der Waals surface area contributed by atoms with Gasteiger partial charge in [0.1, 0.15) is 18.1 Å². The molecule has 1 aromatic rings. The second-order valence-corrected chi connectivity index (χ2v) is 4.62. The van der Waals surface area contributed by atoms with Gasteiger partial charge in [-0.05, 0) is 11.1 Å². The van der Waals surface area contributed by atoms with E-state index in [1.165, 1.54) is 0 Å². The molecule has 0 aromatic heterocycles. The Morgan fingerprint density at radius 3 is 2.72 bits per heavy atom. The van der Waals surface area contributed by atoms with Crippen molar-refractivity contribution in [2.24, 2.45) is 0 Å². The van der Waals surface area contributed by atoms with Gasteiger partial charge >= 0.3 is 0 Å². The third-order valence-electron chi connectivity index (χ3n) is 3.35. The summed E-state index contributed by atoms with van der Waals surface area (Å²) in [7, 11) is 0. The van der Waals surface area contributed by atoms with Crippen molar-refractivity contribution in [3.8, 4) is 0 Å². The zero-order chi connectivity index (χ0) is 12.5. The smallest absolute Gasteiger partial charge is 0.127 e. The maximum atomic E-state index is 10.9. The Balaban J connectivity index is 1.70. The van der Waals surface area contributed by atoms with Crippen LogP contribution in [0.3, 0.4) is 0 Å². The van der Waals surface area contributed by atoms with Gasteiger partial charge in [0.25, 0.3) is 0 Å². The molecular weight excluding hydrogens is 228 g/mol. The van der Waals surface area contributed by atoms with Gasteiger partial charge in [-0.25, -0.2) is 4.79 Å². The first-order valence-corrected chi connectivity index (χ1v) is 6.04. The fourth-order valence-corrected chi connectivity index (χ4v) is 2.12. The van der Waals surface area contributed by atoms with Crippen molar-refractivity contribution in [2.75, 3.05) is 13.2 Å². The second kappa shape index (κ2) is 4.54. The Morgan fingerprint density at radius 2 is 2.17 bits per heavy atom. The molecule has 3 atom stereocenters. The van der Waals surface area contributed by atoms with Crippen LogP contribution in [-0.2, 0) is 14.3 Å². The van der Waals surface area contributed by atoms with Crippen LogP contribution in [0.25, 0.3) is 6.08 Å². The predicted octanol–water partition coefficient (Wildman–Crippen LogP) is 1.97. The molecule has 3 nitrogen and oxygen atoms in total. The topological polar surface area (TPSA) is 38.8 Å². The lowest BCUT2D eigenvalue weighted by Gasteiger charge is -2.01. The van der Waals surface area contributed by atoms with Gasteiger partial charge in [0, 0.05) is 5.92 Å². The molecule has 2 fully saturated rings. The highest BCUT2D eigenvalue weighted by molar-refractivity contribution is 5.68. The van der Waals surface area contributed by atoms with E-state index in [2.05, 4.69) is 6.58 Å². The summed E-state index contributed by atoms with van der Waals surface area (Å²) in [5, 5.41) is 0. The van der Waals surface area contributed by atoms with Crippen molar-refractivity contribution in [1.29, 1.82) is 0 Å². The van der Waals surface area contributed by atoms with Crippen molar-refractivity contribution in [3.05, 3.63) is 47.5 Å². The van der Waals surface area contributed by atoms with Crippen LogP contribution < -0.4 is 0 Å². The molecule has 92 valence electrons. The monoisotopic (exact) mass is 242 g/mol. The summed E-state index contributed by atoms with van der Waals surface area (Å²) < 4.78 is 10.7. The zero-order valence-electron chi connectivity index (χ0n) is 9.96. The third kappa shape index (κ3) is 2.16. The summed E-state index contributed by atoms with van der Waals surface area (Å²) in [6, 6.07) is 8.00. The average Bonchev–Trinajstić information content (AvgIpc) is 3.30. The van der Waals surface area contributed by atoms with E-state index < -0.39 is 0 Å². The molecule has 3 unspecified atom stereocenters. The van der Waals surface area contributed by atoms with Gasteiger partial charge in [-0.1, -0.05) is 36.9 Å². The number of benzene rings is 1. The Morgan fingerprint density at radius 1 is 1.44 bits per heavy atom. The van der Waals surface area contributed by atoms with Crippen LogP contribution >= 0.6 is 0 Å². The summed E-state index contributed by atoms with van der Waals surface area (Å²) in [5.41, 5.74) is 2.88. The molecule has 18 heavy (non-hydrogen) atoms. The van der Waals surface area contributed by atoms with Crippen molar-refractivity contribution in [3.63, 3.8) is 0 Å². The number of hydrogen-bond acceptors (Lipinski definition) is 3. The number of epoxide rings is 1. The standard InChI is InChI=1S/C15H14O3/c1-2-10-3-5-11(6-4-10)14-13(7-16)15(14)18-9-12-8-17-12/h2-6,12,14-15H,1,8-9H2. The first-order chi connectivity index (χ1) is 8.83. The summed E-state index contributed by atoms with van der Waals surface area (Å²) in [6.45, 7) is 5.05. The molecule has 0 radical (unpaired) electrons. The maximum absolute atomic E-state index is 10.9. The van der Waals surface area contributed by atoms with Gasteiger partial charge in [0.2, 0.25) is 0 Å². The van der Waals surface area contributed by atoms with Crippen LogP contribution in [0.15, 0.2) is 36.4 Å². The lowest BCUT2D eigenvalue weighted by Crippen LogP contribution is -2.04. The van der Waals surface area contributed by atoms with Crippen molar-refractivity contribution >= 4 is 12.0 Å². The predicted molar refractivity (Wildman–Crippen MR) is 68.0 cm³/mol. The molecule has 0 amide bonds. The minimum Gasteiger partial charge on any atom is -0.371 e. The van der Waals surface area contributed by atoms with Gasteiger partial charge in [-0.2, -0.15) is 0 Å². The van der Waals surface area contributed by atoms with Crippen molar-refractivity contribution in [2.45, 2.75) is 18.1 Å². The molecule has 0 bridgehead atoms. The molecule has 1 aliphatic heterocycles. The van der Waals surface area contributed by atoms with E-state index in [9.17, 15) is 4.79 Å². The Labute approximate surface area is 106 Å². The fraction of sp³-hybridized carbons (Fsp3) is 0.333. The fourth-order valence-electron chi connectivity index (χ4n) is 2.12. The average molecular weight is 242 g/mol. The van der Waals surface area contributed by atoms with E-state index in [0.717, 1.165) is 17.7 Å². The number of hydrogen-bond donors (Lipinski definition) is 0. The van der Waals surface area contributed by atoms with Gasteiger partial charge in [0.05, 0.1) is 18.8 Å². The van der Waals surface area contributed by atoms with Gasteiger partial charge in [-0.15, -0.1) is 0 Å². The summed E-state index contributed by atoms with van der Waals surface area (Å²) in [6.07, 6.45) is 1.91. The SMILES string of the molecule is C=Cc1ccc(C2C(=C=O)C2OCC2CO2)cc1. The van der Waals surface area contributed by atoms with E-state index in [4.69, 9.17) is 9.47 Å². The highest BCUT2D eigenvalue weighted by Crippen LogP contribution is 2.48. The van der Waals surface area contributed by atoms with E-state index in [1.807, 2.05) is 30.2 Å². The lowest BCUT2D eigenvalue weighted by molar-refractivity contribution is 0.106. The second-order valence-electron chi connectivity index (χ2n) is 4.62. The van der Waals surface area contributed by atoms with Crippen molar-refractivity contribution in [1.82, 2.24) is 0 Å². The van der Waals surface area contributed by atoms with Crippen LogP contribution in [0.5, 0.6) is 0 Å². The molecule has 0 N–H and O–H groups in total. The van der Waals surface area contributed by atoms with Crippen LogP contribution in [0.1, 0.15) is 17.0 Å². The van der Waals surface area contributed by atoms with Gasteiger partial charge in [0.15, 0.2) is 0 Å². The normalized spacial score (nSPS) is 28.7. The molecule has 1 aliphatic carbocycles. The lowest BCUT2D eigenvalue weighted by atomic mass is 10.1. The molecule has 2 aliphatic rings. The molecule has 3 rings (SSSR count). The quantitative estimate of drug-likeness (QED) is 0.585. The van der Waals surface area contributed by atoms with E-state index in [1.54, 1.807) is 6.08 Å². The summed E-state index contributed by atoms with van der Waals surface area (Å²) in [4.78, 5) is 10.9.